The minimum absolute atomic E-state index is 0. The second kappa shape index (κ2) is 11.2. The van der Waals surface area contributed by atoms with Gasteiger partial charge in [0.2, 0.25) is 5.91 Å². The lowest BCUT2D eigenvalue weighted by atomic mass is 10.00. The SMILES string of the molecule is CCNC(=NCCC(=O)N1CCCCC1C)N1CCC(C)CC1.I. The first-order valence-corrected chi connectivity index (χ1v) is 9.44. The summed E-state index contributed by atoms with van der Waals surface area (Å²) in [6.45, 7) is 11.1. The van der Waals surface area contributed by atoms with E-state index in [1.807, 2.05) is 0 Å². The van der Waals surface area contributed by atoms with Crippen molar-refractivity contribution in [3.63, 3.8) is 0 Å². The van der Waals surface area contributed by atoms with Crippen molar-refractivity contribution in [3.05, 3.63) is 0 Å². The lowest BCUT2D eigenvalue weighted by molar-refractivity contribution is -0.134. The van der Waals surface area contributed by atoms with Crippen LogP contribution in [0.2, 0.25) is 0 Å². The first-order chi connectivity index (χ1) is 11.1. The Morgan fingerprint density at radius 3 is 2.46 bits per heavy atom. The molecule has 0 saturated carbocycles. The summed E-state index contributed by atoms with van der Waals surface area (Å²) in [6, 6.07) is 0.400. The van der Waals surface area contributed by atoms with Crippen LogP contribution in [0.3, 0.4) is 0 Å². The zero-order valence-electron chi connectivity index (χ0n) is 15.6. The van der Waals surface area contributed by atoms with Crippen molar-refractivity contribution in [2.45, 2.75) is 65.3 Å². The van der Waals surface area contributed by atoms with Crippen LogP contribution in [0.25, 0.3) is 0 Å². The number of hydrogen-bond donors (Lipinski definition) is 1. The van der Waals surface area contributed by atoms with E-state index in [0.717, 1.165) is 50.9 Å². The van der Waals surface area contributed by atoms with Crippen molar-refractivity contribution >= 4 is 35.8 Å². The average molecular weight is 450 g/mol. The van der Waals surface area contributed by atoms with Crippen LogP contribution < -0.4 is 5.32 Å². The highest BCUT2D eigenvalue weighted by Gasteiger charge is 2.23. The molecule has 1 amide bonds. The fourth-order valence-corrected chi connectivity index (χ4v) is 3.52. The molecule has 2 rings (SSSR count). The molecule has 0 radical (unpaired) electrons. The van der Waals surface area contributed by atoms with E-state index in [-0.39, 0.29) is 29.9 Å². The van der Waals surface area contributed by atoms with Crippen molar-refractivity contribution < 1.29 is 4.79 Å². The molecule has 0 bridgehead atoms. The quantitative estimate of drug-likeness (QED) is 0.407. The highest BCUT2D eigenvalue weighted by atomic mass is 127. The Balaban J connectivity index is 0.00000288. The molecule has 2 aliphatic heterocycles. The molecular weight excluding hydrogens is 415 g/mol. The molecule has 2 fully saturated rings. The second-order valence-corrected chi connectivity index (χ2v) is 7.09. The molecule has 1 N–H and O–H groups in total. The molecule has 0 aromatic carbocycles. The summed E-state index contributed by atoms with van der Waals surface area (Å²) in [5.41, 5.74) is 0. The molecule has 0 aromatic heterocycles. The van der Waals surface area contributed by atoms with Gasteiger partial charge in [-0.2, -0.15) is 0 Å². The monoisotopic (exact) mass is 450 g/mol. The summed E-state index contributed by atoms with van der Waals surface area (Å²) in [4.78, 5) is 21.5. The van der Waals surface area contributed by atoms with Gasteiger partial charge in [-0.25, -0.2) is 0 Å². The fourth-order valence-electron chi connectivity index (χ4n) is 3.52. The van der Waals surface area contributed by atoms with Crippen molar-refractivity contribution in [2.75, 3.05) is 32.7 Å². The summed E-state index contributed by atoms with van der Waals surface area (Å²) in [7, 11) is 0. The highest BCUT2D eigenvalue weighted by Crippen LogP contribution is 2.18. The molecule has 1 atom stereocenters. The first-order valence-electron chi connectivity index (χ1n) is 9.44. The zero-order valence-corrected chi connectivity index (χ0v) is 17.9. The van der Waals surface area contributed by atoms with Gasteiger partial charge in [-0.3, -0.25) is 9.79 Å². The van der Waals surface area contributed by atoms with Crippen molar-refractivity contribution in [1.29, 1.82) is 0 Å². The number of nitrogens with zero attached hydrogens (tertiary/aromatic N) is 3. The van der Waals surface area contributed by atoms with Gasteiger partial charge >= 0.3 is 0 Å². The minimum Gasteiger partial charge on any atom is -0.357 e. The Hall–Kier alpha value is -0.530. The maximum atomic E-state index is 12.4. The predicted molar refractivity (Wildman–Crippen MR) is 111 cm³/mol. The van der Waals surface area contributed by atoms with Gasteiger partial charge in [0, 0.05) is 38.6 Å². The number of guanidine groups is 1. The van der Waals surface area contributed by atoms with Gasteiger partial charge in [-0.1, -0.05) is 6.92 Å². The van der Waals surface area contributed by atoms with Crippen LogP contribution >= 0.6 is 24.0 Å². The molecular formula is C18H35IN4O. The predicted octanol–water partition coefficient (Wildman–Crippen LogP) is 3.09. The van der Waals surface area contributed by atoms with Gasteiger partial charge in [0.1, 0.15) is 0 Å². The number of hydrogen-bond acceptors (Lipinski definition) is 2. The lowest BCUT2D eigenvalue weighted by Crippen LogP contribution is -2.45. The van der Waals surface area contributed by atoms with Crippen LogP contribution in [0.1, 0.15) is 59.3 Å². The zero-order chi connectivity index (χ0) is 16.7. The number of amides is 1. The largest absolute Gasteiger partial charge is 0.357 e. The third-order valence-electron chi connectivity index (χ3n) is 5.13. The summed E-state index contributed by atoms with van der Waals surface area (Å²) in [5.74, 6) is 2.07. The van der Waals surface area contributed by atoms with Gasteiger partial charge in [0.25, 0.3) is 0 Å². The molecule has 0 aromatic rings. The molecule has 0 aliphatic carbocycles. The maximum Gasteiger partial charge on any atom is 0.224 e. The van der Waals surface area contributed by atoms with Crippen LogP contribution in [-0.2, 0) is 4.79 Å². The van der Waals surface area contributed by atoms with Crippen molar-refractivity contribution in [3.8, 4) is 0 Å². The van der Waals surface area contributed by atoms with Gasteiger partial charge in [-0.05, 0) is 51.9 Å². The third-order valence-corrected chi connectivity index (χ3v) is 5.13. The number of carbonyl (C=O) groups excluding carboxylic acids is 1. The number of piperidine rings is 2. The van der Waals surface area contributed by atoms with Crippen LogP contribution in [-0.4, -0.2) is 60.4 Å². The average Bonchev–Trinajstić information content (AvgIpc) is 2.55. The van der Waals surface area contributed by atoms with E-state index in [1.54, 1.807) is 0 Å². The molecule has 0 spiro atoms. The second-order valence-electron chi connectivity index (χ2n) is 7.09. The van der Waals surface area contributed by atoms with Crippen molar-refractivity contribution in [2.24, 2.45) is 10.9 Å². The molecule has 6 heteroatoms. The van der Waals surface area contributed by atoms with Crippen molar-refractivity contribution in [1.82, 2.24) is 15.1 Å². The fraction of sp³-hybridized carbons (Fsp3) is 0.889. The van der Waals surface area contributed by atoms with E-state index in [1.165, 1.54) is 19.3 Å². The summed E-state index contributed by atoms with van der Waals surface area (Å²) in [6.07, 6.45) is 6.53. The summed E-state index contributed by atoms with van der Waals surface area (Å²) in [5, 5.41) is 3.38. The number of halogens is 1. The van der Waals surface area contributed by atoms with Crippen LogP contribution in [0.5, 0.6) is 0 Å². The Kier molecular flexibility index (Phi) is 10.0. The van der Waals surface area contributed by atoms with Gasteiger partial charge < -0.3 is 15.1 Å². The van der Waals surface area contributed by atoms with Gasteiger partial charge in [0.15, 0.2) is 5.96 Å². The van der Waals surface area contributed by atoms with E-state index in [2.05, 4.69) is 35.9 Å². The Morgan fingerprint density at radius 2 is 1.83 bits per heavy atom. The number of carbonyl (C=O) groups is 1. The van der Waals surface area contributed by atoms with Crippen LogP contribution in [0, 0.1) is 5.92 Å². The smallest absolute Gasteiger partial charge is 0.224 e. The van der Waals surface area contributed by atoms with E-state index in [4.69, 9.17) is 4.99 Å². The Labute approximate surface area is 164 Å². The maximum absolute atomic E-state index is 12.4. The van der Waals surface area contributed by atoms with Gasteiger partial charge in [-0.15, -0.1) is 24.0 Å². The summed E-state index contributed by atoms with van der Waals surface area (Å²) >= 11 is 0. The first kappa shape index (κ1) is 21.5. The van der Waals surface area contributed by atoms with E-state index in [9.17, 15) is 4.79 Å². The van der Waals surface area contributed by atoms with Crippen LogP contribution in [0.4, 0.5) is 0 Å². The molecule has 1 unspecified atom stereocenters. The molecule has 24 heavy (non-hydrogen) atoms. The Morgan fingerprint density at radius 1 is 1.12 bits per heavy atom. The van der Waals surface area contributed by atoms with Gasteiger partial charge in [0.05, 0.1) is 6.54 Å². The van der Waals surface area contributed by atoms with Crippen LogP contribution in [0.15, 0.2) is 4.99 Å². The number of likely N-dealkylation sites (tertiary alicyclic amines) is 2. The standard InChI is InChI=1S/C18H34N4O.HI/c1-4-19-18(21-13-9-15(2)10-14-21)20-11-8-17(23)22-12-6-5-7-16(22)3;/h15-16H,4-14H2,1-3H3,(H,19,20);1H. The van der Waals surface area contributed by atoms with E-state index in [0.29, 0.717) is 19.0 Å². The number of nitrogens with one attached hydrogen (secondary N) is 1. The lowest BCUT2D eigenvalue weighted by Gasteiger charge is -2.34. The highest BCUT2D eigenvalue weighted by molar-refractivity contribution is 14.0. The molecule has 2 aliphatic rings. The summed E-state index contributed by atoms with van der Waals surface area (Å²) < 4.78 is 0. The molecule has 2 heterocycles. The Bertz CT molecular complexity index is 408. The topological polar surface area (TPSA) is 47.9 Å². The normalized spacial score (nSPS) is 23.0. The molecule has 2 saturated heterocycles. The minimum atomic E-state index is 0. The number of rotatable bonds is 4. The third kappa shape index (κ3) is 6.41. The van der Waals surface area contributed by atoms with E-state index >= 15 is 0 Å². The number of aliphatic imine (C=N–C) groups is 1. The van der Waals surface area contributed by atoms with E-state index < -0.39 is 0 Å². The molecule has 5 nitrogen and oxygen atoms in total. The molecule has 140 valence electrons.